The predicted molar refractivity (Wildman–Crippen MR) is 123 cm³/mol. The van der Waals surface area contributed by atoms with E-state index in [-0.39, 0.29) is 0 Å². The molecule has 0 unspecified atom stereocenters. The maximum Gasteiger partial charge on any atom is 0.115 e. The van der Waals surface area contributed by atoms with Crippen molar-refractivity contribution in [2.45, 2.75) is 25.7 Å². The predicted octanol–water partition coefficient (Wildman–Crippen LogP) is 6.34. The molecule has 2 N–H and O–H groups in total. The van der Waals surface area contributed by atoms with Crippen molar-refractivity contribution in [2.24, 2.45) is 0 Å². The highest BCUT2D eigenvalue weighted by Crippen LogP contribution is 2.22. The van der Waals surface area contributed by atoms with Crippen molar-refractivity contribution < 1.29 is 10.2 Å². The van der Waals surface area contributed by atoms with E-state index in [0.717, 1.165) is 25.7 Å². The van der Waals surface area contributed by atoms with Crippen LogP contribution in [0.5, 0.6) is 11.5 Å². The summed E-state index contributed by atoms with van der Waals surface area (Å²) in [4.78, 5) is 0. The highest BCUT2D eigenvalue weighted by atomic mass is 16.3. The summed E-state index contributed by atoms with van der Waals surface area (Å²) in [5, 5.41) is 18.8. The van der Waals surface area contributed by atoms with Crippen molar-refractivity contribution in [1.29, 1.82) is 0 Å². The average molecular weight is 395 g/mol. The molecule has 0 bridgehead atoms. The van der Waals surface area contributed by atoms with Gasteiger partial charge in [0, 0.05) is 0 Å². The molecule has 2 heteroatoms. The number of aromatic hydroxyl groups is 2. The van der Waals surface area contributed by atoms with Gasteiger partial charge in [-0.2, -0.15) is 0 Å². The third-order valence-corrected chi connectivity index (χ3v) is 5.52. The van der Waals surface area contributed by atoms with Crippen molar-refractivity contribution >= 4 is 0 Å². The first-order chi connectivity index (χ1) is 14.7. The Morgan fingerprint density at radius 2 is 0.567 bits per heavy atom. The van der Waals surface area contributed by atoms with Crippen LogP contribution in [0.1, 0.15) is 22.3 Å². The summed E-state index contributed by atoms with van der Waals surface area (Å²) < 4.78 is 0. The highest BCUT2D eigenvalue weighted by molar-refractivity contribution is 5.64. The van der Waals surface area contributed by atoms with Crippen LogP contribution in [0, 0.1) is 0 Å². The molecule has 0 atom stereocenters. The fourth-order valence-electron chi connectivity index (χ4n) is 3.63. The van der Waals surface area contributed by atoms with Gasteiger partial charge in [-0.3, -0.25) is 0 Å². The average Bonchev–Trinajstić information content (AvgIpc) is 2.79. The molecule has 0 amide bonds. The van der Waals surface area contributed by atoms with Crippen molar-refractivity contribution in [3.05, 3.63) is 119 Å². The van der Waals surface area contributed by atoms with E-state index in [1.807, 2.05) is 24.3 Å². The molecule has 0 spiro atoms. The Hall–Kier alpha value is -3.52. The van der Waals surface area contributed by atoms with Gasteiger partial charge in [0.25, 0.3) is 0 Å². The molecular weight excluding hydrogens is 368 g/mol. The molecule has 150 valence electrons. The largest absolute Gasteiger partial charge is 0.508 e. The van der Waals surface area contributed by atoms with Gasteiger partial charge in [-0.15, -0.1) is 0 Å². The molecule has 0 aliphatic rings. The van der Waals surface area contributed by atoms with E-state index in [4.69, 9.17) is 0 Å². The van der Waals surface area contributed by atoms with Crippen LogP contribution >= 0.6 is 0 Å². The van der Waals surface area contributed by atoms with E-state index in [9.17, 15) is 10.2 Å². The van der Waals surface area contributed by atoms with Crippen LogP contribution in [0.15, 0.2) is 97.1 Å². The molecule has 0 radical (unpaired) electrons. The standard InChI is InChI=1S/C28H26O2/c29-27-17-9-23(10-18-27)3-1-21-5-13-25(14-6-21)26-15-7-22(8-16-26)2-4-24-11-19-28(30)20-12-24/h5-20,29-30H,1-4H2. The molecule has 0 fully saturated rings. The lowest BCUT2D eigenvalue weighted by Gasteiger charge is -2.07. The first kappa shape index (κ1) is 19.8. The molecule has 0 saturated carbocycles. The molecule has 2 nitrogen and oxygen atoms in total. The number of hydrogen-bond acceptors (Lipinski definition) is 2. The van der Waals surface area contributed by atoms with E-state index < -0.39 is 0 Å². The number of hydrogen-bond donors (Lipinski definition) is 2. The smallest absolute Gasteiger partial charge is 0.115 e. The fourth-order valence-corrected chi connectivity index (χ4v) is 3.63. The molecule has 0 heterocycles. The quantitative estimate of drug-likeness (QED) is 0.384. The second kappa shape index (κ2) is 9.32. The Balaban J connectivity index is 1.33. The number of benzene rings is 4. The molecule has 4 rings (SSSR count). The SMILES string of the molecule is Oc1ccc(CCc2ccc(-c3ccc(CCc4ccc(O)cc4)cc3)cc2)cc1. The monoisotopic (exact) mass is 394 g/mol. The van der Waals surface area contributed by atoms with Crippen molar-refractivity contribution in [3.63, 3.8) is 0 Å². The Morgan fingerprint density at radius 1 is 0.333 bits per heavy atom. The van der Waals surface area contributed by atoms with Crippen LogP contribution in [0.3, 0.4) is 0 Å². The molecule has 30 heavy (non-hydrogen) atoms. The first-order valence-corrected chi connectivity index (χ1v) is 10.4. The van der Waals surface area contributed by atoms with E-state index in [2.05, 4.69) is 48.5 Å². The second-order valence-electron chi connectivity index (χ2n) is 7.73. The number of phenolic OH excluding ortho intramolecular Hbond substituents is 2. The first-order valence-electron chi connectivity index (χ1n) is 10.4. The molecular formula is C28H26O2. The van der Waals surface area contributed by atoms with Crippen LogP contribution in [0.4, 0.5) is 0 Å². The summed E-state index contributed by atoms with van der Waals surface area (Å²) in [6, 6.07) is 32.5. The molecule has 0 aliphatic heterocycles. The van der Waals surface area contributed by atoms with Gasteiger partial charge in [0.2, 0.25) is 0 Å². The minimum absolute atomic E-state index is 0.314. The van der Waals surface area contributed by atoms with Gasteiger partial charge in [-0.1, -0.05) is 72.8 Å². The maximum atomic E-state index is 9.38. The van der Waals surface area contributed by atoms with E-state index in [1.165, 1.54) is 33.4 Å². The lowest BCUT2D eigenvalue weighted by molar-refractivity contribution is 0.474. The summed E-state index contributed by atoms with van der Waals surface area (Å²) in [5.41, 5.74) is 7.57. The summed E-state index contributed by atoms with van der Waals surface area (Å²) in [6.07, 6.45) is 3.91. The fraction of sp³-hybridized carbons (Fsp3) is 0.143. The molecule has 4 aromatic carbocycles. The van der Waals surface area contributed by atoms with Gasteiger partial charge in [-0.05, 0) is 83.3 Å². The Morgan fingerprint density at radius 3 is 0.833 bits per heavy atom. The Bertz CT molecular complexity index is 971. The van der Waals surface area contributed by atoms with Crippen LogP contribution in [-0.2, 0) is 25.7 Å². The lowest BCUT2D eigenvalue weighted by atomic mass is 9.98. The third-order valence-electron chi connectivity index (χ3n) is 5.52. The lowest BCUT2D eigenvalue weighted by Crippen LogP contribution is -1.92. The van der Waals surface area contributed by atoms with Crippen molar-refractivity contribution in [3.8, 4) is 22.6 Å². The summed E-state index contributed by atoms with van der Waals surface area (Å²) in [6.45, 7) is 0. The Kier molecular flexibility index (Phi) is 6.14. The molecule has 0 aromatic heterocycles. The number of phenols is 2. The highest BCUT2D eigenvalue weighted by Gasteiger charge is 2.02. The van der Waals surface area contributed by atoms with Crippen LogP contribution in [-0.4, -0.2) is 10.2 Å². The van der Waals surface area contributed by atoms with Crippen molar-refractivity contribution in [2.75, 3.05) is 0 Å². The molecule has 0 aliphatic carbocycles. The van der Waals surface area contributed by atoms with Gasteiger partial charge in [0.15, 0.2) is 0 Å². The van der Waals surface area contributed by atoms with Crippen LogP contribution in [0.2, 0.25) is 0 Å². The second-order valence-corrected chi connectivity index (χ2v) is 7.73. The van der Waals surface area contributed by atoms with Gasteiger partial charge in [0.1, 0.15) is 11.5 Å². The topological polar surface area (TPSA) is 40.5 Å². The van der Waals surface area contributed by atoms with Crippen LogP contribution in [0.25, 0.3) is 11.1 Å². The van der Waals surface area contributed by atoms with Gasteiger partial charge < -0.3 is 10.2 Å². The molecule has 0 saturated heterocycles. The zero-order chi connectivity index (χ0) is 20.8. The van der Waals surface area contributed by atoms with Crippen LogP contribution < -0.4 is 0 Å². The van der Waals surface area contributed by atoms with Crippen molar-refractivity contribution in [1.82, 2.24) is 0 Å². The number of rotatable bonds is 7. The van der Waals surface area contributed by atoms with Gasteiger partial charge >= 0.3 is 0 Å². The molecule has 4 aromatic rings. The minimum atomic E-state index is 0.314. The third kappa shape index (κ3) is 5.30. The van der Waals surface area contributed by atoms with Gasteiger partial charge in [-0.25, -0.2) is 0 Å². The zero-order valence-corrected chi connectivity index (χ0v) is 17.0. The normalized spacial score (nSPS) is 10.8. The maximum absolute atomic E-state index is 9.38. The van der Waals surface area contributed by atoms with E-state index in [1.54, 1.807) is 24.3 Å². The Labute approximate surface area is 178 Å². The summed E-state index contributed by atoms with van der Waals surface area (Å²) in [5.74, 6) is 0.629. The number of aryl methyl sites for hydroxylation is 4. The van der Waals surface area contributed by atoms with E-state index >= 15 is 0 Å². The summed E-state index contributed by atoms with van der Waals surface area (Å²) in [7, 11) is 0. The van der Waals surface area contributed by atoms with Gasteiger partial charge in [0.05, 0.1) is 0 Å². The summed E-state index contributed by atoms with van der Waals surface area (Å²) >= 11 is 0. The van der Waals surface area contributed by atoms with E-state index in [0.29, 0.717) is 11.5 Å². The zero-order valence-electron chi connectivity index (χ0n) is 17.0. The minimum Gasteiger partial charge on any atom is -0.508 e.